The average Bonchev–Trinajstić information content (AvgIpc) is 2.52. The molecule has 0 amide bonds. The lowest BCUT2D eigenvalue weighted by molar-refractivity contribution is 0.192. The Bertz CT molecular complexity index is 384. The molecule has 1 N–H and O–H groups in total. The minimum atomic E-state index is 0.346. The normalized spacial score (nSPS) is 16.6. The fourth-order valence-electron chi connectivity index (χ4n) is 2.64. The molecule has 0 aliphatic carbocycles. The molecule has 1 aliphatic heterocycles. The van der Waals surface area contributed by atoms with E-state index in [9.17, 15) is 0 Å². The molecule has 1 aliphatic rings. The summed E-state index contributed by atoms with van der Waals surface area (Å²) in [5, 5.41) is 3.39. The van der Waals surface area contributed by atoms with Crippen LogP contribution in [-0.4, -0.2) is 43.7 Å². The van der Waals surface area contributed by atoms with Crippen molar-refractivity contribution in [3.05, 3.63) is 29.8 Å². The number of hydrogen-bond donors (Lipinski definition) is 1. The van der Waals surface area contributed by atoms with Crippen molar-refractivity contribution < 1.29 is 4.74 Å². The lowest BCUT2D eigenvalue weighted by atomic mass is 10.1. The maximum absolute atomic E-state index is 6.02. The molecule has 0 aromatic heterocycles. The molecular weight excluding hydrogens is 248 g/mol. The molecule has 1 saturated heterocycles. The van der Waals surface area contributed by atoms with Crippen LogP contribution in [0.25, 0.3) is 0 Å². The van der Waals surface area contributed by atoms with Crippen molar-refractivity contribution in [2.75, 3.05) is 32.7 Å². The molecule has 0 spiro atoms. The Labute approximate surface area is 123 Å². The zero-order valence-electron chi connectivity index (χ0n) is 12.9. The third-order valence-electron chi connectivity index (χ3n) is 4.04. The second kappa shape index (κ2) is 8.28. The van der Waals surface area contributed by atoms with E-state index in [-0.39, 0.29) is 0 Å². The van der Waals surface area contributed by atoms with Gasteiger partial charge >= 0.3 is 0 Å². The molecule has 3 nitrogen and oxygen atoms in total. The van der Waals surface area contributed by atoms with Crippen LogP contribution in [0.15, 0.2) is 24.3 Å². The lowest BCUT2D eigenvalue weighted by Gasteiger charge is -2.27. The van der Waals surface area contributed by atoms with Gasteiger partial charge in [0.05, 0.1) is 6.10 Å². The number of hydrogen-bond acceptors (Lipinski definition) is 3. The fourth-order valence-corrected chi connectivity index (χ4v) is 2.64. The molecule has 0 saturated carbocycles. The standard InChI is InChI=1S/C17H28N2O/c1-3-16(4-2)20-17-7-5-6-15(14-17)8-11-19-12-9-18-10-13-19/h5-7,14,16,18H,3-4,8-13H2,1-2H3. The Hall–Kier alpha value is -1.06. The average molecular weight is 276 g/mol. The SMILES string of the molecule is CCC(CC)Oc1cccc(CCN2CCNCC2)c1. The van der Waals surface area contributed by atoms with Crippen LogP contribution in [0, 0.1) is 0 Å². The minimum absolute atomic E-state index is 0.346. The zero-order chi connectivity index (χ0) is 14.2. The predicted molar refractivity (Wildman–Crippen MR) is 84.5 cm³/mol. The van der Waals surface area contributed by atoms with Crippen LogP contribution in [0.5, 0.6) is 5.75 Å². The molecule has 1 aromatic carbocycles. The number of rotatable bonds is 7. The van der Waals surface area contributed by atoms with Crippen LogP contribution in [0.1, 0.15) is 32.3 Å². The molecule has 20 heavy (non-hydrogen) atoms. The molecule has 0 unspecified atom stereocenters. The van der Waals surface area contributed by atoms with E-state index in [0.717, 1.165) is 44.6 Å². The van der Waals surface area contributed by atoms with Crippen molar-refractivity contribution in [2.45, 2.75) is 39.2 Å². The second-order valence-electron chi connectivity index (χ2n) is 5.55. The van der Waals surface area contributed by atoms with Crippen LogP contribution < -0.4 is 10.1 Å². The second-order valence-corrected chi connectivity index (χ2v) is 5.55. The number of nitrogens with zero attached hydrogens (tertiary/aromatic N) is 1. The molecule has 3 heteroatoms. The highest BCUT2D eigenvalue weighted by molar-refractivity contribution is 5.29. The highest BCUT2D eigenvalue weighted by Gasteiger charge is 2.10. The summed E-state index contributed by atoms with van der Waals surface area (Å²) in [5.74, 6) is 1.02. The summed E-state index contributed by atoms with van der Waals surface area (Å²) in [6.07, 6.45) is 3.60. The Morgan fingerprint density at radius 1 is 1.20 bits per heavy atom. The van der Waals surface area contributed by atoms with E-state index in [1.807, 2.05) is 0 Å². The van der Waals surface area contributed by atoms with Gasteiger partial charge in [-0.25, -0.2) is 0 Å². The first-order chi connectivity index (χ1) is 9.81. The van der Waals surface area contributed by atoms with Gasteiger partial charge in [-0.2, -0.15) is 0 Å². The fraction of sp³-hybridized carbons (Fsp3) is 0.647. The van der Waals surface area contributed by atoms with Gasteiger partial charge < -0.3 is 15.0 Å². The summed E-state index contributed by atoms with van der Waals surface area (Å²) in [5.41, 5.74) is 1.38. The summed E-state index contributed by atoms with van der Waals surface area (Å²) in [6, 6.07) is 8.61. The maximum atomic E-state index is 6.02. The molecule has 1 fully saturated rings. The summed E-state index contributed by atoms with van der Waals surface area (Å²) in [7, 11) is 0. The highest BCUT2D eigenvalue weighted by atomic mass is 16.5. The van der Waals surface area contributed by atoms with Crippen molar-refractivity contribution in [3.8, 4) is 5.75 Å². The van der Waals surface area contributed by atoms with E-state index in [1.165, 1.54) is 18.7 Å². The summed E-state index contributed by atoms with van der Waals surface area (Å²) in [4.78, 5) is 2.53. The number of benzene rings is 1. The molecule has 1 aromatic rings. The van der Waals surface area contributed by atoms with Crippen molar-refractivity contribution in [3.63, 3.8) is 0 Å². The largest absolute Gasteiger partial charge is 0.490 e. The summed E-state index contributed by atoms with van der Waals surface area (Å²) < 4.78 is 6.02. The Balaban J connectivity index is 1.85. The molecular formula is C17H28N2O. The molecule has 0 atom stereocenters. The van der Waals surface area contributed by atoms with Gasteiger partial charge in [-0.05, 0) is 37.0 Å². The van der Waals surface area contributed by atoms with Crippen LogP contribution in [0.4, 0.5) is 0 Å². The van der Waals surface area contributed by atoms with Gasteiger partial charge in [0.2, 0.25) is 0 Å². The monoisotopic (exact) mass is 276 g/mol. The summed E-state index contributed by atoms with van der Waals surface area (Å²) >= 11 is 0. The van der Waals surface area contributed by atoms with Gasteiger partial charge in [-0.15, -0.1) is 0 Å². The van der Waals surface area contributed by atoms with Crippen molar-refractivity contribution in [2.24, 2.45) is 0 Å². The maximum Gasteiger partial charge on any atom is 0.119 e. The zero-order valence-corrected chi connectivity index (χ0v) is 12.9. The number of ether oxygens (including phenoxy) is 1. The number of nitrogens with one attached hydrogen (secondary N) is 1. The van der Waals surface area contributed by atoms with E-state index in [4.69, 9.17) is 4.74 Å². The lowest BCUT2D eigenvalue weighted by Crippen LogP contribution is -2.44. The van der Waals surface area contributed by atoms with Crippen LogP contribution >= 0.6 is 0 Å². The predicted octanol–water partition coefficient (Wildman–Crippen LogP) is 2.70. The Morgan fingerprint density at radius 3 is 2.65 bits per heavy atom. The first kappa shape index (κ1) is 15.3. The van der Waals surface area contributed by atoms with Gasteiger partial charge in [-0.3, -0.25) is 0 Å². The third-order valence-corrected chi connectivity index (χ3v) is 4.04. The highest BCUT2D eigenvalue weighted by Crippen LogP contribution is 2.17. The van der Waals surface area contributed by atoms with Crippen LogP contribution in [0.3, 0.4) is 0 Å². The molecule has 0 radical (unpaired) electrons. The molecule has 1 heterocycles. The first-order valence-corrected chi connectivity index (χ1v) is 8.00. The first-order valence-electron chi connectivity index (χ1n) is 8.00. The topological polar surface area (TPSA) is 24.5 Å². The molecule has 112 valence electrons. The van der Waals surface area contributed by atoms with E-state index >= 15 is 0 Å². The minimum Gasteiger partial charge on any atom is -0.490 e. The quantitative estimate of drug-likeness (QED) is 0.828. The van der Waals surface area contributed by atoms with E-state index in [2.05, 4.69) is 48.3 Å². The van der Waals surface area contributed by atoms with Crippen molar-refractivity contribution in [1.82, 2.24) is 10.2 Å². The third kappa shape index (κ3) is 4.80. The van der Waals surface area contributed by atoms with Gasteiger partial charge in [-0.1, -0.05) is 26.0 Å². The summed E-state index contributed by atoms with van der Waals surface area (Å²) in [6.45, 7) is 10.1. The van der Waals surface area contributed by atoms with Gasteiger partial charge in [0, 0.05) is 32.7 Å². The smallest absolute Gasteiger partial charge is 0.119 e. The van der Waals surface area contributed by atoms with Gasteiger partial charge in [0.15, 0.2) is 0 Å². The van der Waals surface area contributed by atoms with Gasteiger partial charge in [0.1, 0.15) is 5.75 Å². The Morgan fingerprint density at radius 2 is 1.95 bits per heavy atom. The molecule has 0 bridgehead atoms. The van der Waals surface area contributed by atoms with Crippen LogP contribution in [-0.2, 0) is 6.42 Å². The van der Waals surface area contributed by atoms with E-state index in [0.29, 0.717) is 6.10 Å². The van der Waals surface area contributed by atoms with Crippen molar-refractivity contribution in [1.29, 1.82) is 0 Å². The number of piperazine rings is 1. The van der Waals surface area contributed by atoms with E-state index in [1.54, 1.807) is 0 Å². The Kier molecular flexibility index (Phi) is 6.34. The van der Waals surface area contributed by atoms with Crippen molar-refractivity contribution >= 4 is 0 Å². The molecule has 2 rings (SSSR count). The van der Waals surface area contributed by atoms with Crippen LogP contribution in [0.2, 0.25) is 0 Å². The van der Waals surface area contributed by atoms with E-state index < -0.39 is 0 Å². The van der Waals surface area contributed by atoms with Gasteiger partial charge in [0.25, 0.3) is 0 Å².